The van der Waals surface area contributed by atoms with Gasteiger partial charge in [-0.3, -0.25) is 0 Å². The molecular formula is C20H25N. The van der Waals surface area contributed by atoms with Crippen molar-refractivity contribution in [2.24, 2.45) is 0 Å². The fraction of sp³-hybridized carbons (Fsp3) is 0.400. The Hall–Kier alpha value is -1.60. The van der Waals surface area contributed by atoms with Crippen LogP contribution in [0.2, 0.25) is 0 Å². The Kier molecular flexibility index (Phi) is 4.40. The summed E-state index contributed by atoms with van der Waals surface area (Å²) >= 11 is 0. The summed E-state index contributed by atoms with van der Waals surface area (Å²) in [6.45, 7) is 5.32. The van der Waals surface area contributed by atoms with Crippen molar-refractivity contribution < 1.29 is 0 Å². The molecule has 0 spiro atoms. The molecule has 0 amide bonds. The average Bonchev–Trinajstić information content (AvgIpc) is 2.44. The largest absolute Gasteiger partial charge is 0.310 e. The van der Waals surface area contributed by atoms with Crippen LogP contribution in [0.5, 0.6) is 0 Å². The molecule has 0 saturated heterocycles. The normalized spacial score (nSPS) is 15.2. The van der Waals surface area contributed by atoms with E-state index in [0.717, 1.165) is 12.5 Å². The molecule has 1 heteroatoms. The van der Waals surface area contributed by atoms with Crippen molar-refractivity contribution in [2.75, 3.05) is 0 Å². The van der Waals surface area contributed by atoms with E-state index < -0.39 is 0 Å². The van der Waals surface area contributed by atoms with Gasteiger partial charge >= 0.3 is 0 Å². The van der Waals surface area contributed by atoms with Gasteiger partial charge in [0.1, 0.15) is 0 Å². The third-order valence-corrected chi connectivity index (χ3v) is 4.49. The van der Waals surface area contributed by atoms with Crippen molar-refractivity contribution in [3.8, 4) is 11.1 Å². The number of benzene rings is 2. The lowest BCUT2D eigenvalue weighted by atomic mass is 9.79. The second-order valence-corrected chi connectivity index (χ2v) is 6.45. The van der Waals surface area contributed by atoms with Gasteiger partial charge in [0.25, 0.3) is 0 Å². The minimum Gasteiger partial charge on any atom is -0.310 e. The van der Waals surface area contributed by atoms with Crippen molar-refractivity contribution in [3.63, 3.8) is 0 Å². The highest BCUT2D eigenvalue weighted by Gasteiger charge is 2.19. The van der Waals surface area contributed by atoms with Gasteiger partial charge in [0.05, 0.1) is 0 Å². The van der Waals surface area contributed by atoms with E-state index in [9.17, 15) is 0 Å². The average molecular weight is 279 g/mol. The number of hydrogen-bond donors (Lipinski definition) is 1. The second kappa shape index (κ2) is 6.44. The standard InChI is InChI=1S/C20H25N/c1-15(2)21-14-19-7-3-4-12-20(19)18-11-6-10-17(13-18)16-8-5-9-16/h3-4,6-7,10-13,15-16,21H,5,8-9,14H2,1-2H3. The highest BCUT2D eigenvalue weighted by atomic mass is 14.9. The Morgan fingerprint density at radius 3 is 2.57 bits per heavy atom. The molecule has 1 nitrogen and oxygen atoms in total. The fourth-order valence-corrected chi connectivity index (χ4v) is 2.97. The SMILES string of the molecule is CC(C)NCc1ccccc1-c1cccc(C2CCC2)c1. The van der Waals surface area contributed by atoms with Gasteiger partial charge in [0.2, 0.25) is 0 Å². The van der Waals surface area contributed by atoms with Crippen LogP contribution in [0.15, 0.2) is 48.5 Å². The van der Waals surface area contributed by atoms with E-state index >= 15 is 0 Å². The van der Waals surface area contributed by atoms with Crippen LogP contribution in [0.4, 0.5) is 0 Å². The summed E-state index contributed by atoms with van der Waals surface area (Å²) < 4.78 is 0. The molecule has 0 unspecified atom stereocenters. The first kappa shape index (κ1) is 14.3. The molecule has 21 heavy (non-hydrogen) atoms. The minimum atomic E-state index is 0.513. The highest BCUT2D eigenvalue weighted by molar-refractivity contribution is 5.68. The molecule has 0 radical (unpaired) electrons. The van der Waals surface area contributed by atoms with E-state index in [2.05, 4.69) is 67.7 Å². The molecule has 1 aliphatic carbocycles. The monoisotopic (exact) mass is 279 g/mol. The lowest BCUT2D eigenvalue weighted by Crippen LogP contribution is -2.22. The summed E-state index contributed by atoms with van der Waals surface area (Å²) in [4.78, 5) is 0. The first-order valence-electron chi connectivity index (χ1n) is 8.15. The van der Waals surface area contributed by atoms with E-state index in [4.69, 9.17) is 0 Å². The molecule has 0 aromatic heterocycles. The van der Waals surface area contributed by atoms with Crippen LogP contribution in [0, 0.1) is 0 Å². The van der Waals surface area contributed by atoms with Gasteiger partial charge < -0.3 is 5.32 Å². The van der Waals surface area contributed by atoms with Gasteiger partial charge in [0.15, 0.2) is 0 Å². The summed E-state index contributed by atoms with van der Waals surface area (Å²) in [6.07, 6.45) is 4.11. The van der Waals surface area contributed by atoms with Crippen molar-refractivity contribution in [3.05, 3.63) is 59.7 Å². The van der Waals surface area contributed by atoms with Crippen LogP contribution >= 0.6 is 0 Å². The Morgan fingerprint density at radius 2 is 1.86 bits per heavy atom. The summed E-state index contributed by atoms with van der Waals surface area (Å²) in [6, 6.07) is 18.4. The zero-order valence-corrected chi connectivity index (χ0v) is 13.1. The minimum absolute atomic E-state index is 0.513. The first-order chi connectivity index (χ1) is 10.2. The van der Waals surface area contributed by atoms with Crippen LogP contribution < -0.4 is 5.32 Å². The molecule has 110 valence electrons. The molecule has 1 fully saturated rings. The van der Waals surface area contributed by atoms with E-state index in [-0.39, 0.29) is 0 Å². The zero-order valence-electron chi connectivity index (χ0n) is 13.1. The Labute approximate surface area is 128 Å². The fourth-order valence-electron chi connectivity index (χ4n) is 2.97. The van der Waals surface area contributed by atoms with E-state index in [1.807, 2.05) is 0 Å². The van der Waals surface area contributed by atoms with E-state index in [1.165, 1.54) is 41.5 Å². The lowest BCUT2D eigenvalue weighted by Gasteiger charge is -2.26. The molecule has 2 aromatic rings. The first-order valence-corrected chi connectivity index (χ1v) is 8.15. The molecule has 1 saturated carbocycles. The lowest BCUT2D eigenvalue weighted by molar-refractivity contribution is 0.420. The molecule has 2 aromatic carbocycles. The number of nitrogens with one attached hydrogen (secondary N) is 1. The number of hydrogen-bond acceptors (Lipinski definition) is 1. The van der Waals surface area contributed by atoms with Crippen molar-refractivity contribution in [1.29, 1.82) is 0 Å². The zero-order chi connectivity index (χ0) is 14.7. The summed E-state index contributed by atoms with van der Waals surface area (Å²) in [5.41, 5.74) is 5.63. The summed E-state index contributed by atoms with van der Waals surface area (Å²) in [5, 5.41) is 3.53. The van der Waals surface area contributed by atoms with E-state index in [0.29, 0.717) is 6.04 Å². The maximum atomic E-state index is 3.53. The van der Waals surface area contributed by atoms with Gasteiger partial charge in [-0.15, -0.1) is 0 Å². The van der Waals surface area contributed by atoms with Crippen LogP contribution in [-0.4, -0.2) is 6.04 Å². The Bertz CT molecular complexity index is 596. The maximum absolute atomic E-state index is 3.53. The van der Waals surface area contributed by atoms with Crippen LogP contribution in [-0.2, 0) is 6.54 Å². The molecule has 3 rings (SSSR count). The Balaban J connectivity index is 1.88. The van der Waals surface area contributed by atoms with Gasteiger partial charge in [-0.2, -0.15) is 0 Å². The quantitative estimate of drug-likeness (QED) is 0.801. The smallest absolute Gasteiger partial charge is 0.0214 e. The molecule has 1 aliphatic rings. The van der Waals surface area contributed by atoms with Gasteiger partial charge in [-0.25, -0.2) is 0 Å². The van der Waals surface area contributed by atoms with E-state index in [1.54, 1.807) is 0 Å². The second-order valence-electron chi connectivity index (χ2n) is 6.45. The summed E-state index contributed by atoms with van der Waals surface area (Å²) in [7, 11) is 0. The molecule has 0 bridgehead atoms. The van der Waals surface area contributed by atoms with Crippen LogP contribution in [0.1, 0.15) is 50.2 Å². The van der Waals surface area contributed by atoms with Crippen molar-refractivity contribution in [2.45, 2.75) is 51.6 Å². The molecular weight excluding hydrogens is 254 g/mol. The van der Waals surface area contributed by atoms with Crippen molar-refractivity contribution >= 4 is 0 Å². The maximum Gasteiger partial charge on any atom is 0.0214 e. The predicted molar refractivity (Wildman–Crippen MR) is 90.4 cm³/mol. The third-order valence-electron chi connectivity index (χ3n) is 4.49. The predicted octanol–water partition coefficient (Wildman–Crippen LogP) is 5.12. The third kappa shape index (κ3) is 3.36. The van der Waals surface area contributed by atoms with Crippen LogP contribution in [0.25, 0.3) is 11.1 Å². The molecule has 0 atom stereocenters. The van der Waals surface area contributed by atoms with Gasteiger partial charge in [-0.05, 0) is 41.0 Å². The number of rotatable bonds is 5. The topological polar surface area (TPSA) is 12.0 Å². The molecule has 1 N–H and O–H groups in total. The van der Waals surface area contributed by atoms with Gasteiger partial charge in [0, 0.05) is 12.6 Å². The molecule has 0 aliphatic heterocycles. The summed E-state index contributed by atoms with van der Waals surface area (Å²) in [5.74, 6) is 0.797. The van der Waals surface area contributed by atoms with Gasteiger partial charge in [-0.1, -0.05) is 68.8 Å². The Morgan fingerprint density at radius 1 is 1.05 bits per heavy atom. The van der Waals surface area contributed by atoms with Crippen molar-refractivity contribution in [1.82, 2.24) is 5.32 Å². The van der Waals surface area contributed by atoms with Crippen LogP contribution in [0.3, 0.4) is 0 Å². The highest BCUT2D eigenvalue weighted by Crippen LogP contribution is 2.38. The molecule has 0 heterocycles.